The van der Waals surface area contributed by atoms with E-state index in [0.717, 1.165) is 5.56 Å². The molecule has 1 aromatic carbocycles. The summed E-state index contributed by atoms with van der Waals surface area (Å²) in [7, 11) is 0. The molecule has 17 heavy (non-hydrogen) atoms. The molecule has 7 nitrogen and oxygen atoms in total. The highest BCUT2D eigenvalue weighted by atomic mass is 16.6. The zero-order chi connectivity index (χ0) is 12.3. The van der Waals surface area contributed by atoms with Crippen molar-refractivity contribution in [3.05, 3.63) is 56.4 Å². The van der Waals surface area contributed by atoms with Gasteiger partial charge in [-0.15, -0.1) is 5.10 Å². The topological polar surface area (TPSA) is 102 Å². The number of rotatable bonds is 4. The number of nitro groups is 1. The molecule has 7 heteroatoms. The highest BCUT2D eigenvalue weighted by Gasteiger charge is 2.05. The van der Waals surface area contributed by atoms with Crippen LogP contribution in [0.5, 0.6) is 0 Å². The molecule has 2 rings (SSSR count). The van der Waals surface area contributed by atoms with Crippen molar-refractivity contribution in [2.75, 3.05) is 0 Å². The van der Waals surface area contributed by atoms with Crippen LogP contribution < -0.4 is 5.76 Å². The second kappa shape index (κ2) is 4.60. The van der Waals surface area contributed by atoms with E-state index in [1.54, 1.807) is 12.1 Å². The molecule has 0 aliphatic rings. The van der Waals surface area contributed by atoms with Gasteiger partial charge in [0.1, 0.15) is 0 Å². The van der Waals surface area contributed by atoms with Gasteiger partial charge in [0.05, 0.1) is 4.92 Å². The zero-order valence-corrected chi connectivity index (χ0v) is 8.75. The fourth-order valence-corrected chi connectivity index (χ4v) is 1.40. The average molecular weight is 235 g/mol. The Labute approximate surface area is 95.2 Å². The van der Waals surface area contributed by atoms with Crippen LogP contribution >= 0.6 is 0 Å². The van der Waals surface area contributed by atoms with Gasteiger partial charge in [-0.25, -0.2) is 9.89 Å². The Kier molecular flexibility index (Phi) is 2.99. The molecule has 0 radical (unpaired) electrons. The van der Waals surface area contributed by atoms with Crippen LogP contribution in [-0.2, 0) is 12.8 Å². The summed E-state index contributed by atoms with van der Waals surface area (Å²) >= 11 is 0. The Bertz CT molecular complexity index is 570. The Hall–Kier alpha value is -2.44. The highest BCUT2D eigenvalue weighted by Crippen LogP contribution is 2.13. The van der Waals surface area contributed by atoms with Gasteiger partial charge in [0.15, 0.2) is 0 Å². The van der Waals surface area contributed by atoms with Crippen molar-refractivity contribution >= 4 is 5.69 Å². The van der Waals surface area contributed by atoms with Crippen molar-refractivity contribution < 1.29 is 9.34 Å². The normalized spacial score (nSPS) is 10.4. The van der Waals surface area contributed by atoms with E-state index in [1.165, 1.54) is 12.1 Å². The fourth-order valence-electron chi connectivity index (χ4n) is 1.40. The van der Waals surface area contributed by atoms with Crippen LogP contribution in [0.1, 0.15) is 11.5 Å². The van der Waals surface area contributed by atoms with Gasteiger partial charge in [0, 0.05) is 18.6 Å². The first-order valence-electron chi connectivity index (χ1n) is 4.93. The van der Waals surface area contributed by atoms with Gasteiger partial charge in [0.2, 0.25) is 5.89 Å². The van der Waals surface area contributed by atoms with Crippen LogP contribution in [0, 0.1) is 10.1 Å². The minimum Gasteiger partial charge on any atom is -0.392 e. The molecule has 0 bridgehead atoms. The molecule has 0 saturated carbocycles. The van der Waals surface area contributed by atoms with Gasteiger partial charge in [0.25, 0.3) is 5.69 Å². The first-order valence-corrected chi connectivity index (χ1v) is 4.93. The summed E-state index contributed by atoms with van der Waals surface area (Å²) in [5, 5.41) is 16.3. The van der Waals surface area contributed by atoms with E-state index < -0.39 is 10.7 Å². The predicted octanol–water partition coefficient (Wildman–Crippen LogP) is 1.06. The van der Waals surface area contributed by atoms with Crippen LogP contribution in [0.4, 0.5) is 5.69 Å². The molecule has 1 heterocycles. The van der Waals surface area contributed by atoms with Gasteiger partial charge < -0.3 is 4.42 Å². The first kappa shape index (κ1) is 11.1. The van der Waals surface area contributed by atoms with Crippen LogP contribution in [0.3, 0.4) is 0 Å². The fraction of sp³-hybridized carbons (Fsp3) is 0.200. The van der Waals surface area contributed by atoms with Crippen LogP contribution in [-0.4, -0.2) is 15.1 Å². The molecule has 2 aromatic rings. The number of aromatic amines is 1. The lowest BCUT2D eigenvalue weighted by molar-refractivity contribution is -0.384. The molecule has 1 N–H and O–H groups in total. The summed E-state index contributed by atoms with van der Waals surface area (Å²) < 4.78 is 4.74. The van der Waals surface area contributed by atoms with Crippen molar-refractivity contribution in [1.82, 2.24) is 10.2 Å². The number of benzene rings is 1. The lowest BCUT2D eigenvalue weighted by Gasteiger charge is -1.97. The average Bonchev–Trinajstić information content (AvgIpc) is 2.73. The summed E-state index contributed by atoms with van der Waals surface area (Å²) in [4.78, 5) is 20.6. The molecule has 0 amide bonds. The maximum Gasteiger partial charge on any atom is 0.434 e. The third kappa shape index (κ3) is 2.77. The van der Waals surface area contributed by atoms with E-state index in [9.17, 15) is 14.9 Å². The lowest BCUT2D eigenvalue weighted by atomic mass is 10.1. The lowest BCUT2D eigenvalue weighted by Crippen LogP contribution is -1.94. The third-order valence-corrected chi connectivity index (χ3v) is 2.26. The van der Waals surface area contributed by atoms with E-state index in [0.29, 0.717) is 18.7 Å². The van der Waals surface area contributed by atoms with Crippen LogP contribution in [0.25, 0.3) is 0 Å². The van der Waals surface area contributed by atoms with Gasteiger partial charge >= 0.3 is 5.76 Å². The highest BCUT2D eigenvalue weighted by molar-refractivity contribution is 5.32. The molecule has 0 spiro atoms. The number of hydrogen-bond donors (Lipinski definition) is 1. The summed E-state index contributed by atoms with van der Waals surface area (Å²) in [5.74, 6) is -0.253. The third-order valence-electron chi connectivity index (χ3n) is 2.26. The monoisotopic (exact) mass is 235 g/mol. The maximum absolute atomic E-state index is 10.7. The number of non-ortho nitro benzene ring substituents is 1. The van der Waals surface area contributed by atoms with Crippen LogP contribution in [0.2, 0.25) is 0 Å². The molecule has 88 valence electrons. The molecule has 0 fully saturated rings. The number of hydrogen-bond acceptors (Lipinski definition) is 5. The van der Waals surface area contributed by atoms with Crippen molar-refractivity contribution in [3.8, 4) is 0 Å². The molecule has 0 aliphatic carbocycles. The number of aromatic nitrogens is 2. The summed E-state index contributed by atoms with van der Waals surface area (Å²) in [6.07, 6.45) is 1.07. The molecule has 1 aromatic heterocycles. The molecular weight excluding hydrogens is 226 g/mol. The standard InChI is InChI=1S/C10H9N3O4/c14-10-12-11-9(17-10)6-3-7-1-4-8(5-2-7)13(15)16/h1-2,4-5H,3,6H2,(H,12,14). The predicted molar refractivity (Wildman–Crippen MR) is 57.6 cm³/mol. The SMILES string of the molecule is O=c1[nH]nc(CCc2ccc([N+](=O)[O-])cc2)o1. The number of nitrogens with one attached hydrogen (secondary N) is 1. The van der Waals surface area contributed by atoms with Crippen molar-refractivity contribution in [2.24, 2.45) is 0 Å². The Morgan fingerprint density at radius 2 is 2.00 bits per heavy atom. The zero-order valence-electron chi connectivity index (χ0n) is 8.75. The molecule has 0 unspecified atom stereocenters. The number of H-pyrrole nitrogens is 1. The van der Waals surface area contributed by atoms with Crippen molar-refractivity contribution in [1.29, 1.82) is 0 Å². The van der Waals surface area contributed by atoms with Crippen molar-refractivity contribution in [3.63, 3.8) is 0 Å². The number of nitrogens with zero attached hydrogens (tertiary/aromatic N) is 2. The van der Waals surface area contributed by atoms with Crippen molar-refractivity contribution in [2.45, 2.75) is 12.8 Å². The molecular formula is C10H9N3O4. The minimum absolute atomic E-state index is 0.0556. The molecule has 0 aliphatic heterocycles. The Morgan fingerprint density at radius 1 is 1.29 bits per heavy atom. The number of aryl methyl sites for hydroxylation is 2. The van der Waals surface area contributed by atoms with E-state index >= 15 is 0 Å². The Morgan fingerprint density at radius 3 is 2.53 bits per heavy atom. The maximum atomic E-state index is 10.7. The smallest absolute Gasteiger partial charge is 0.392 e. The van der Waals surface area contributed by atoms with Gasteiger partial charge in [-0.2, -0.15) is 0 Å². The quantitative estimate of drug-likeness (QED) is 0.630. The molecule has 0 atom stereocenters. The van der Waals surface area contributed by atoms with Gasteiger partial charge in [-0.1, -0.05) is 12.1 Å². The van der Waals surface area contributed by atoms with E-state index in [-0.39, 0.29) is 5.69 Å². The van der Waals surface area contributed by atoms with Gasteiger partial charge in [-0.05, 0) is 12.0 Å². The summed E-state index contributed by atoms with van der Waals surface area (Å²) in [6.45, 7) is 0. The summed E-state index contributed by atoms with van der Waals surface area (Å²) in [6, 6.07) is 6.22. The van der Waals surface area contributed by atoms with Gasteiger partial charge in [-0.3, -0.25) is 10.1 Å². The Balaban J connectivity index is 2.00. The van der Waals surface area contributed by atoms with E-state index in [1.807, 2.05) is 0 Å². The second-order valence-corrected chi connectivity index (χ2v) is 3.43. The van der Waals surface area contributed by atoms with E-state index in [2.05, 4.69) is 10.2 Å². The second-order valence-electron chi connectivity index (χ2n) is 3.43. The largest absolute Gasteiger partial charge is 0.434 e. The van der Waals surface area contributed by atoms with Crippen LogP contribution in [0.15, 0.2) is 33.5 Å². The minimum atomic E-state index is -0.580. The molecule has 0 saturated heterocycles. The summed E-state index contributed by atoms with van der Waals surface area (Å²) in [5.41, 5.74) is 0.973. The first-order chi connectivity index (χ1) is 8.15. The number of nitro benzene ring substituents is 1. The van der Waals surface area contributed by atoms with E-state index in [4.69, 9.17) is 4.42 Å².